The van der Waals surface area contributed by atoms with Crippen molar-refractivity contribution in [1.82, 2.24) is 9.97 Å². The van der Waals surface area contributed by atoms with Crippen LogP contribution in [-0.2, 0) is 6.61 Å². The maximum Gasteiger partial charge on any atom is 0.154 e. The highest BCUT2D eigenvalue weighted by Gasteiger charge is 2.11. The van der Waals surface area contributed by atoms with E-state index in [0.717, 1.165) is 0 Å². The molecule has 0 radical (unpaired) electrons. The van der Waals surface area contributed by atoms with Crippen molar-refractivity contribution in [3.63, 3.8) is 0 Å². The van der Waals surface area contributed by atoms with E-state index in [2.05, 4.69) is 9.97 Å². The Morgan fingerprint density at radius 3 is 2.61 bits per heavy atom. The minimum atomic E-state index is -0.337. The number of halogens is 2. The van der Waals surface area contributed by atoms with Crippen LogP contribution in [0.4, 0.5) is 4.39 Å². The summed E-state index contributed by atoms with van der Waals surface area (Å²) in [6, 6.07) is 4.61. The third-order valence-corrected chi connectivity index (χ3v) is 2.88. The molecule has 5 heteroatoms. The molecule has 0 bridgehead atoms. The first-order valence-electron chi connectivity index (χ1n) is 5.42. The van der Waals surface area contributed by atoms with Gasteiger partial charge in [0.15, 0.2) is 5.82 Å². The van der Waals surface area contributed by atoms with Gasteiger partial charge in [-0.3, -0.25) is 0 Å². The van der Waals surface area contributed by atoms with E-state index in [1.165, 1.54) is 6.07 Å². The number of hydrogen-bond donors (Lipinski definition) is 1. The lowest BCUT2D eigenvalue weighted by Gasteiger charge is -2.08. The van der Waals surface area contributed by atoms with Crippen LogP contribution >= 0.6 is 11.6 Å². The van der Waals surface area contributed by atoms with Gasteiger partial charge in [-0.05, 0) is 37.6 Å². The number of aryl methyl sites for hydroxylation is 2. The van der Waals surface area contributed by atoms with Crippen molar-refractivity contribution in [3.8, 4) is 11.3 Å². The van der Waals surface area contributed by atoms with Crippen molar-refractivity contribution in [2.75, 3.05) is 0 Å². The van der Waals surface area contributed by atoms with Gasteiger partial charge in [0.1, 0.15) is 12.4 Å². The van der Waals surface area contributed by atoms with Crippen molar-refractivity contribution >= 4 is 11.6 Å². The van der Waals surface area contributed by atoms with Gasteiger partial charge in [0, 0.05) is 11.3 Å². The summed E-state index contributed by atoms with van der Waals surface area (Å²) in [5, 5.41) is 9.50. The van der Waals surface area contributed by atoms with E-state index in [9.17, 15) is 4.39 Å². The van der Waals surface area contributed by atoms with Crippen LogP contribution in [0.1, 0.15) is 17.1 Å². The average molecular weight is 267 g/mol. The molecule has 94 valence electrons. The molecule has 0 unspecified atom stereocenters. The maximum absolute atomic E-state index is 13.6. The van der Waals surface area contributed by atoms with Crippen LogP contribution in [0.25, 0.3) is 11.3 Å². The molecule has 2 aromatic rings. The van der Waals surface area contributed by atoms with Crippen LogP contribution in [0, 0.1) is 19.7 Å². The molecule has 18 heavy (non-hydrogen) atoms. The summed E-state index contributed by atoms with van der Waals surface area (Å²) < 4.78 is 13.6. The van der Waals surface area contributed by atoms with Crippen LogP contribution < -0.4 is 0 Å². The number of aromatic nitrogens is 2. The Morgan fingerprint density at radius 2 is 1.94 bits per heavy atom. The summed E-state index contributed by atoms with van der Waals surface area (Å²) >= 11 is 6.09. The second-order valence-corrected chi connectivity index (χ2v) is 4.46. The predicted octanol–water partition coefficient (Wildman–Crippen LogP) is 3.05. The standard InChI is InChI=1S/C13H12ClFN2O/c1-7-3-10(14)9(5-11(7)15)12-4-8(2)16-13(6-18)17-12/h3-5,18H,6H2,1-2H3. The molecule has 0 saturated carbocycles. The Hall–Kier alpha value is -1.52. The molecule has 0 aliphatic heterocycles. The van der Waals surface area contributed by atoms with Gasteiger partial charge in [0.05, 0.1) is 10.7 Å². The van der Waals surface area contributed by atoms with Gasteiger partial charge in [-0.25, -0.2) is 14.4 Å². The van der Waals surface area contributed by atoms with E-state index >= 15 is 0 Å². The molecule has 0 aliphatic rings. The Balaban J connectivity index is 2.61. The molecule has 1 aromatic carbocycles. The number of aliphatic hydroxyl groups is 1. The largest absolute Gasteiger partial charge is 0.388 e. The van der Waals surface area contributed by atoms with Crippen LogP contribution in [0.5, 0.6) is 0 Å². The second kappa shape index (κ2) is 5.00. The van der Waals surface area contributed by atoms with Crippen molar-refractivity contribution in [1.29, 1.82) is 0 Å². The van der Waals surface area contributed by atoms with Crippen molar-refractivity contribution < 1.29 is 9.50 Å². The topological polar surface area (TPSA) is 46.0 Å². The van der Waals surface area contributed by atoms with Gasteiger partial charge < -0.3 is 5.11 Å². The minimum Gasteiger partial charge on any atom is -0.388 e. The minimum absolute atomic E-state index is 0.263. The van der Waals surface area contributed by atoms with Gasteiger partial charge in [0.2, 0.25) is 0 Å². The molecule has 0 amide bonds. The second-order valence-electron chi connectivity index (χ2n) is 4.05. The third kappa shape index (κ3) is 2.49. The van der Waals surface area contributed by atoms with E-state index < -0.39 is 0 Å². The summed E-state index contributed by atoms with van der Waals surface area (Å²) in [5.41, 5.74) is 2.19. The lowest BCUT2D eigenvalue weighted by atomic mass is 10.1. The van der Waals surface area contributed by atoms with E-state index in [4.69, 9.17) is 16.7 Å². The van der Waals surface area contributed by atoms with E-state index in [1.54, 1.807) is 26.0 Å². The van der Waals surface area contributed by atoms with E-state index in [-0.39, 0.29) is 12.4 Å². The molecule has 0 spiro atoms. The van der Waals surface area contributed by atoms with Gasteiger partial charge in [-0.2, -0.15) is 0 Å². The normalized spacial score (nSPS) is 10.7. The highest BCUT2D eigenvalue weighted by molar-refractivity contribution is 6.33. The Morgan fingerprint density at radius 1 is 1.22 bits per heavy atom. The monoisotopic (exact) mass is 266 g/mol. The van der Waals surface area contributed by atoms with Gasteiger partial charge in [0.25, 0.3) is 0 Å². The smallest absolute Gasteiger partial charge is 0.154 e. The maximum atomic E-state index is 13.6. The number of aliphatic hydroxyl groups excluding tert-OH is 1. The number of nitrogens with zero attached hydrogens (tertiary/aromatic N) is 2. The van der Waals surface area contributed by atoms with Crippen LogP contribution in [0.2, 0.25) is 5.02 Å². The molecule has 2 rings (SSSR count). The van der Waals surface area contributed by atoms with Crippen LogP contribution in [-0.4, -0.2) is 15.1 Å². The first-order chi connectivity index (χ1) is 8.51. The Bertz CT molecular complexity index is 602. The molecule has 1 N–H and O–H groups in total. The van der Waals surface area contributed by atoms with Crippen LogP contribution in [0.3, 0.4) is 0 Å². The first kappa shape index (κ1) is 12.9. The quantitative estimate of drug-likeness (QED) is 0.909. The number of hydrogen-bond acceptors (Lipinski definition) is 3. The van der Waals surface area contributed by atoms with E-state index in [1.807, 2.05) is 0 Å². The highest BCUT2D eigenvalue weighted by Crippen LogP contribution is 2.29. The molecule has 1 heterocycles. The summed E-state index contributed by atoms with van der Waals surface area (Å²) in [7, 11) is 0. The van der Waals surface area contributed by atoms with Gasteiger partial charge in [-0.1, -0.05) is 11.6 Å². The lowest BCUT2D eigenvalue weighted by Crippen LogP contribution is -1.99. The summed E-state index contributed by atoms with van der Waals surface area (Å²) in [6.07, 6.45) is 0. The fourth-order valence-corrected chi connectivity index (χ4v) is 2.00. The first-order valence-corrected chi connectivity index (χ1v) is 5.80. The van der Waals surface area contributed by atoms with Crippen molar-refractivity contribution in [2.24, 2.45) is 0 Å². The highest BCUT2D eigenvalue weighted by atomic mass is 35.5. The fourth-order valence-electron chi connectivity index (χ4n) is 1.68. The Kier molecular flexibility index (Phi) is 3.59. The Labute approximate surface area is 109 Å². The molecule has 0 aliphatic carbocycles. The van der Waals surface area contributed by atoms with Gasteiger partial charge in [-0.15, -0.1) is 0 Å². The summed E-state index contributed by atoms with van der Waals surface area (Å²) in [6.45, 7) is 3.17. The molecule has 0 saturated heterocycles. The zero-order valence-corrected chi connectivity index (χ0v) is 10.8. The summed E-state index contributed by atoms with van der Waals surface area (Å²) in [4.78, 5) is 8.19. The summed E-state index contributed by atoms with van der Waals surface area (Å²) in [5.74, 6) is -0.0433. The SMILES string of the molecule is Cc1cc(-c2cc(F)c(C)cc2Cl)nc(CO)n1. The fraction of sp³-hybridized carbons (Fsp3) is 0.231. The van der Waals surface area contributed by atoms with Crippen molar-refractivity contribution in [3.05, 3.63) is 46.1 Å². The molecule has 3 nitrogen and oxygen atoms in total. The van der Waals surface area contributed by atoms with E-state index in [0.29, 0.717) is 33.4 Å². The average Bonchev–Trinajstić information content (AvgIpc) is 2.33. The molecular weight excluding hydrogens is 255 g/mol. The van der Waals surface area contributed by atoms with Gasteiger partial charge >= 0.3 is 0 Å². The zero-order chi connectivity index (χ0) is 13.3. The lowest BCUT2D eigenvalue weighted by molar-refractivity contribution is 0.271. The predicted molar refractivity (Wildman–Crippen MR) is 67.8 cm³/mol. The molecule has 1 aromatic heterocycles. The zero-order valence-electron chi connectivity index (χ0n) is 10.0. The molecule has 0 atom stereocenters. The third-order valence-electron chi connectivity index (χ3n) is 2.57. The molecular formula is C13H12ClFN2O. The number of benzene rings is 1. The van der Waals surface area contributed by atoms with Crippen LogP contribution in [0.15, 0.2) is 18.2 Å². The van der Waals surface area contributed by atoms with Crippen molar-refractivity contribution in [2.45, 2.75) is 20.5 Å². The molecule has 0 fully saturated rings. The number of rotatable bonds is 2.